The number of carbonyl (C=O) groups is 9. The number of esters is 3. The van der Waals surface area contributed by atoms with Crippen LogP contribution in [-0.2, 0) is 57.4 Å². The molecule has 2 aliphatic rings. The number of allylic oxidation sites excluding steroid dienone is 7. The van der Waals surface area contributed by atoms with Gasteiger partial charge < -0.3 is 39.5 Å². The van der Waals surface area contributed by atoms with Crippen molar-refractivity contribution in [3.8, 4) is 0 Å². The molecule has 632 valence electrons. The third kappa shape index (κ3) is 72.8. The van der Waals surface area contributed by atoms with Crippen molar-refractivity contribution >= 4 is 52.9 Å². The Bertz CT molecular complexity index is 2900. The van der Waals surface area contributed by atoms with Crippen LogP contribution in [0.3, 0.4) is 0 Å². The Morgan fingerprint density at radius 3 is 0.991 bits per heavy atom. The molecule has 0 aliphatic heterocycles. The van der Waals surface area contributed by atoms with Gasteiger partial charge in [-0.15, -0.1) is 0 Å². The van der Waals surface area contributed by atoms with Gasteiger partial charge in [-0.3, -0.25) is 28.8 Å². The minimum Gasteiger partial charge on any atom is -0.456 e. The lowest BCUT2D eigenvalue weighted by Gasteiger charge is -2.37. The van der Waals surface area contributed by atoms with Crippen LogP contribution in [0.15, 0.2) is 110 Å². The van der Waals surface area contributed by atoms with Crippen molar-refractivity contribution < 1.29 is 57.4 Å². The fourth-order valence-electron chi connectivity index (χ4n) is 7.19. The van der Waals surface area contributed by atoms with Gasteiger partial charge in [0.25, 0.3) is 0 Å². The third-order valence-electron chi connectivity index (χ3n) is 17.1. The second kappa shape index (κ2) is 55.1. The fourth-order valence-corrected chi connectivity index (χ4v) is 7.19. The highest BCUT2D eigenvalue weighted by Crippen LogP contribution is 2.35. The molecule has 0 aromatic rings. The number of nitrogens with zero attached hydrogens (tertiary/aromatic N) is 3. The zero-order valence-electron chi connectivity index (χ0n) is 77.3. The largest absolute Gasteiger partial charge is 0.456 e. The Hall–Kier alpha value is -6.43. The SMILES string of the molecule is C/C=C/C(=O)OC(C)(C)C(C)(C)C.C=CC(=O)C(C)C.C=CC(=O)NC(C)(C)C.C=CC(=O)OC(C)(C)C(C)(C)C.CC(C)(C)CCC(=O)C1=CCCC1.CC(C)(C)CCC(=O)C1=CCCCC1.CN(C)C/C=C/C(=O)C(C)(C)C.CN(C)C/C=C/C(=O)NC(C)(C)C.CN(C)C/C=C/C(=O)OC(C)(C)C(C)(C)C. The van der Waals surface area contributed by atoms with E-state index in [4.69, 9.17) is 14.2 Å². The Kier molecular flexibility index (Phi) is 58.5. The zero-order valence-corrected chi connectivity index (χ0v) is 77.3. The third-order valence-corrected chi connectivity index (χ3v) is 17.1. The lowest BCUT2D eigenvalue weighted by molar-refractivity contribution is -0.161. The first-order valence-electron chi connectivity index (χ1n) is 39.0. The molecule has 0 aromatic carbocycles. The number of Topliss-reactive ketones (excluding diaryl/α,β-unsaturated/α-hetero) is 2. The molecule has 0 heterocycles. The second-order valence-corrected chi connectivity index (χ2v) is 38.9. The van der Waals surface area contributed by atoms with Gasteiger partial charge in [-0.25, -0.2) is 14.4 Å². The van der Waals surface area contributed by atoms with Gasteiger partial charge in [0.15, 0.2) is 23.1 Å². The van der Waals surface area contributed by atoms with Crippen LogP contribution in [0.4, 0.5) is 0 Å². The summed E-state index contributed by atoms with van der Waals surface area (Å²) in [6.07, 6.45) is 32.8. The molecule has 0 saturated carbocycles. The number of carbonyl (C=O) groups excluding carboxylic acids is 9. The average molecular weight is 1540 g/mol. The van der Waals surface area contributed by atoms with E-state index in [9.17, 15) is 43.2 Å². The molecule has 0 aromatic heterocycles. The van der Waals surface area contributed by atoms with Gasteiger partial charge in [-0.05, 0) is 230 Å². The first kappa shape index (κ1) is 116. The van der Waals surface area contributed by atoms with Crippen molar-refractivity contribution in [2.45, 2.75) is 327 Å². The molecule has 2 N–H and O–H groups in total. The summed E-state index contributed by atoms with van der Waals surface area (Å²) in [5.74, 6) is 0.102. The normalized spacial score (nSPS) is 13.6. The van der Waals surface area contributed by atoms with Crippen LogP contribution in [0.2, 0.25) is 0 Å². The standard InChI is InChI=1S/C13H25NO2.C13H22O.C12H20O.C11H20O2.C10H20N2O.C10H19NO.C10H18O2.C7H13NO.C6H10O/c1-12(2,3)13(4,5)16-11(15)9-8-10-14(6)7;1-13(2,3)10-9-12(14)11-7-5-4-6-8-11;1-12(2,3)9-8-11(13)10-6-4-5-7-10;1-7-8-9(12)13-11(5,6)10(2,3)4;1-10(2,3)11-9(13)7-6-8-12(4)5;1-10(2,3)9(12)7-6-8-11(4)5;1-7-8(11)12-10(5,6)9(2,3)4;1-5-6(9)8-7(2,3)4;1-4-6(7)5(2)3/h8-9H,10H2,1-7H3;7H,4-6,8-10H2,1-3H3;6H,4-5,7-9H2,1-3H3;7-8H,1-6H3;6-7H,8H2,1-5H3,(H,11,13);6-7H,8H2,1-5H3;7H,1H2,2-6H3;5H,1H2,2-4H3,(H,8,9);4-5H,1H2,2-3H3/b9-8+;;;8-7+;2*7-6+;;;. The molecule has 2 rings (SSSR count). The van der Waals surface area contributed by atoms with E-state index >= 15 is 0 Å². The molecular weight excluding hydrogens is 1370 g/mol. The van der Waals surface area contributed by atoms with E-state index in [1.54, 1.807) is 31.2 Å². The van der Waals surface area contributed by atoms with E-state index in [-0.39, 0.29) is 90.8 Å². The van der Waals surface area contributed by atoms with E-state index in [2.05, 4.69) is 126 Å². The first-order chi connectivity index (χ1) is 48.7. The molecule has 0 unspecified atom stereocenters. The van der Waals surface area contributed by atoms with Crippen molar-refractivity contribution in [1.29, 1.82) is 0 Å². The van der Waals surface area contributed by atoms with Crippen LogP contribution < -0.4 is 10.6 Å². The van der Waals surface area contributed by atoms with E-state index in [1.807, 2.05) is 208 Å². The predicted molar refractivity (Wildman–Crippen MR) is 463 cm³/mol. The summed E-state index contributed by atoms with van der Waals surface area (Å²) in [7, 11) is 11.8. The highest BCUT2D eigenvalue weighted by molar-refractivity contribution is 5.96. The van der Waals surface area contributed by atoms with Crippen molar-refractivity contribution in [2.75, 3.05) is 61.9 Å². The predicted octanol–water partition coefficient (Wildman–Crippen LogP) is 20.5. The van der Waals surface area contributed by atoms with Crippen LogP contribution in [0.25, 0.3) is 0 Å². The van der Waals surface area contributed by atoms with E-state index < -0.39 is 16.8 Å². The number of amides is 2. The monoisotopic (exact) mass is 1530 g/mol. The topological polar surface area (TPSA) is 215 Å². The van der Waals surface area contributed by atoms with Crippen LogP contribution in [0, 0.1) is 38.4 Å². The molecule has 2 aliphatic carbocycles. The second-order valence-electron chi connectivity index (χ2n) is 38.9. The zero-order chi connectivity index (χ0) is 87.8. The molecule has 0 saturated heterocycles. The Balaban J connectivity index is -0.000000216. The van der Waals surface area contributed by atoms with Crippen LogP contribution in [-0.4, -0.2) is 157 Å². The summed E-state index contributed by atoms with van der Waals surface area (Å²) in [5, 5.41) is 5.56. The van der Waals surface area contributed by atoms with Crippen molar-refractivity contribution in [1.82, 2.24) is 25.3 Å². The highest BCUT2D eigenvalue weighted by atomic mass is 16.6. The van der Waals surface area contributed by atoms with Crippen LogP contribution in [0.5, 0.6) is 0 Å². The van der Waals surface area contributed by atoms with Gasteiger partial charge in [0, 0.05) is 95.4 Å². The number of hydrogen-bond donors (Lipinski definition) is 2. The summed E-state index contributed by atoms with van der Waals surface area (Å²) < 4.78 is 16.0. The van der Waals surface area contributed by atoms with Gasteiger partial charge in [0.1, 0.15) is 16.8 Å². The maximum atomic E-state index is 11.8. The van der Waals surface area contributed by atoms with Gasteiger partial charge in [0.05, 0.1) is 0 Å². The summed E-state index contributed by atoms with van der Waals surface area (Å²) in [6, 6.07) is 0. The van der Waals surface area contributed by atoms with Crippen LogP contribution in [0.1, 0.15) is 299 Å². The first-order valence-corrected chi connectivity index (χ1v) is 39.0. The number of nitrogens with one attached hydrogen (secondary N) is 2. The summed E-state index contributed by atoms with van der Waals surface area (Å²) in [5.41, 5.74) is 0.653. The summed E-state index contributed by atoms with van der Waals surface area (Å²) >= 11 is 0. The number of ether oxygens (including phenoxy) is 3. The van der Waals surface area contributed by atoms with Crippen molar-refractivity contribution in [2.24, 2.45) is 38.4 Å². The molecule has 109 heavy (non-hydrogen) atoms. The Morgan fingerprint density at radius 2 is 0.743 bits per heavy atom. The quantitative estimate of drug-likeness (QED) is 0.0553. The lowest BCUT2D eigenvalue weighted by Crippen LogP contribution is -2.40. The lowest BCUT2D eigenvalue weighted by atomic mass is 9.79. The Labute approximate surface area is 669 Å². The number of ketones is 4. The minimum atomic E-state index is -0.466. The van der Waals surface area contributed by atoms with Gasteiger partial charge in [-0.1, -0.05) is 195 Å². The smallest absolute Gasteiger partial charge is 0.331 e. The van der Waals surface area contributed by atoms with Gasteiger partial charge in [0.2, 0.25) is 11.8 Å². The van der Waals surface area contributed by atoms with E-state index in [0.29, 0.717) is 11.6 Å². The molecule has 17 heteroatoms. The number of hydrogen-bond acceptors (Lipinski definition) is 15. The maximum Gasteiger partial charge on any atom is 0.331 e. The highest BCUT2D eigenvalue weighted by Gasteiger charge is 2.38. The molecule has 17 nitrogen and oxygen atoms in total. The molecule has 0 spiro atoms. The Morgan fingerprint density at radius 1 is 0.422 bits per heavy atom. The van der Waals surface area contributed by atoms with Crippen molar-refractivity contribution in [3.63, 3.8) is 0 Å². The van der Waals surface area contributed by atoms with Gasteiger partial charge >= 0.3 is 17.9 Å². The fraction of sp³-hybridized carbons (Fsp3) is 0.707. The molecule has 0 atom stereocenters. The molecular formula is C92H167N5O12. The summed E-state index contributed by atoms with van der Waals surface area (Å²) in [6.45, 7) is 78.4. The van der Waals surface area contributed by atoms with E-state index in [1.165, 1.54) is 49.6 Å². The maximum absolute atomic E-state index is 11.8. The van der Waals surface area contributed by atoms with Crippen molar-refractivity contribution in [3.05, 3.63) is 110 Å². The number of rotatable bonds is 23. The molecule has 2 amide bonds. The molecule has 0 radical (unpaired) electrons. The summed E-state index contributed by atoms with van der Waals surface area (Å²) in [4.78, 5) is 107. The van der Waals surface area contributed by atoms with Gasteiger partial charge in [-0.2, -0.15) is 0 Å². The molecule has 0 fully saturated rings. The molecule has 0 bridgehead atoms. The van der Waals surface area contributed by atoms with Crippen LogP contribution >= 0.6 is 0 Å². The van der Waals surface area contributed by atoms with E-state index in [0.717, 1.165) is 82.1 Å². The minimum absolute atomic E-state index is 0.0330. The number of likely N-dealkylation sites (N-methyl/N-ethyl adjacent to an activating group) is 3. The average Bonchev–Trinajstić information content (AvgIpc) is 0.997.